The summed E-state index contributed by atoms with van der Waals surface area (Å²) in [6.07, 6.45) is 2.72. The molecule has 108 valence electrons. The van der Waals surface area contributed by atoms with E-state index in [1.165, 1.54) is 24.9 Å². The van der Waals surface area contributed by atoms with E-state index in [0.717, 1.165) is 24.3 Å². The third-order valence-electron chi connectivity index (χ3n) is 4.60. The predicted octanol–water partition coefficient (Wildman–Crippen LogP) is 3.45. The average molecular weight is 280 g/mol. The highest BCUT2D eigenvalue weighted by molar-refractivity contribution is 7.07. The van der Waals surface area contributed by atoms with Gasteiger partial charge in [-0.3, -0.25) is 0 Å². The van der Waals surface area contributed by atoms with Gasteiger partial charge in [-0.15, -0.1) is 0 Å². The smallest absolute Gasteiger partial charge is 0.0239 e. The van der Waals surface area contributed by atoms with Crippen molar-refractivity contribution in [3.05, 3.63) is 22.4 Å². The largest absolute Gasteiger partial charge is 0.317 e. The third-order valence-corrected chi connectivity index (χ3v) is 5.34. The van der Waals surface area contributed by atoms with Crippen molar-refractivity contribution in [2.75, 3.05) is 20.6 Å². The zero-order valence-corrected chi connectivity index (χ0v) is 13.5. The summed E-state index contributed by atoms with van der Waals surface area (Å²) in [7, 11) is 4.39. The van der Waals surface area contributed by atoms with E-state index in [2.05, 4.69) is 55.0 Å². The number of nitrogens with zero attached hydrogens (tertiary/aromatic N) is 1. The van der Waals surface area contributed by atoms with Crippen molar-refractivity contribution in [1.82, 2.24) is 10.2 Å². The molecule has 1 aromatic heterocycles. The quantitative estimate of drug-likeness (QED) is 0.888. The summed E-state index contributed by atoms with van der Waals surface area (Å²) in [6, 6.07) is 2.92. The zero-order chi connectivity index (χ0) is 13.8. The first-order valence-electron chi connectivity index (χ1n) is 7.47. The lowest BCUT2D eigenvalue weighted by atomic mass is 9.72. The molecular formula is C16H28N2S. The van der Waals surface area contributed by atoms with Gasteiger partial charge in [0, 0.05) is 19.1 Å². The average Bonchev–Trinajstić information content (AvgIpc) is 2.85. The second kappa shape index (κ2) is 6.87. The van der Waals surface area contributed by atoms with Crippen LogP contribution in [-0.4, -0.2) is 31.6 Å². The van der Waals surface area contributed by atoms with Crippen LogP contribution in [0.3, 0.4) is 0 Å². The molecule has 4 unspecified atom stereocenters. The summed E-state index contributed by atoms with van der Waals surface area (Å²) in [5.74, 6) is 2.47. The molecule has 1 fully saturated rings. The molecule has 1 N–H and O–H groups in total. The molecule has 0 bridgehead atoms. The van der Waals surface area contributed by atoms with Gasteiger partial charge in [-0.05, 0) is 67.1 Å². The van der Waals surface area contributed by atoms with E-state index in [-0.39, 0.29) is 0 Å². The predicted molar refractivity (Wildman–Crippen MR) is 84.6 cm³/mol. The highest BCUT2D eigenvalue weighted by atomic mass is 32.1. The summed E-state index contributed by atoms with van der Waals surface area (Å²) < 4.78 is 0. The Kier molecular flexibility index (Phi) is 5.43. The molecule has 0 amide bonds. The van der Waals surface area contributed by atoms with Crippen LogP contribution in [0.5, 0.6) is 0 Å². The Hall–Kier alpha value is -0.380. The van der Waals surface area contributed by atoms with Gasteiger partial charge in [0.15, 0.2) is 0 Å². The van der Waals surface area contributed by atoms with Gasteiger partial charge in [0.25, 0.3) is 0 Å². The summed E-state index contributed by atoms with van der Waals surface area (Å²) in [5.41, 5.74) is 1.45. The lowest BCUT2D eigenvalue weighted by Gasteiger charge is -2.41. The Bertz CT molecular complexity index is 363. The van der Waals surface area contributed by atoms with E-state index >= 15 is 0 Å². The minimum absolute atomic E-state index is 0.684. The number of rotatable bonds is 5. The van der Waals surface area contributed by atoms with Gasteiger partial charge >= 0.3 is 0 Å². The lowest BCUT2D eigenvalue weighted by Crippen LogP contribution is -2.47. The highest BCUT2D eigenvalue weighted by Crippen LogP contribution is 2.34. The van der Waals surface area contributed by atoms with E-state index in [4.69, 9.17) is 0 Å². The molecule has 1 heterocycles. The Balaban J connectivity index is 1.92. The fourth-order valence-electron chi connectivity index (χ4n) is 3.67. The molecule has 1 aliphatic carbocycles. The molecule has 0 radical (unpaired) electrons. The Labute approximate surface area is 122 Å². The van der Waals surface area contributed by atoms with Crippen LogP contribution in [0.25, 0.3) is 0 Å². The first-order chi connectivity index (χ1) is 9.10. The Morgan fingerprint density at radius 3 is 2.79 bits per heavy atom. The Morgan fingerprint density at radius 2 is 2.16 bits per heavy atom. The molecule has 0 aromatic carbocycles. The van der Waals surface area contributed by atoms with Crippen molar-refractivity contribution >= 4 is 11.3 Å². The monoisotopic (exact) mass is 280 g/mol. The van der Waals surface area contributed by atoms with Gasteiger partial charge in [0.1, 0.15) is 0 Å². The van der Waals surface area contributed by atoms with Crippen LogP contribution in [0, 0.1) is 17.8 Å². The standard InChI is InChI=1S/C16H28N2S/c1-12-7-13(2)15(16(8-12)17-3)10-18(4)9-14-5-6-19-11-14/h5-6,11-13,15-17H,7-10H2,1-4H3. The van der Waals surface area contributed by atoms with Gasteiger partial charge in [-0.25, -0.2) is 0 Å². The number of nitrogens with one attached hydrogen (secondary N) is 1. The molecule has 3 heteroatoms. The van der Waals surface area contributed by atoms with E-state index < -0.39 is 0 Å². The number of hydrogen-bond donors (Lipinski definition) is 1. The molecule has 0 aliphatic heterocycles. The Morgan fingerprint density at radius 1 is 1.37 bits per heavy atom. The molecule has 0 spiro atoms. The fraction of sp³-hybridized carbons (Fsp3) is 0.750. The molecule has 1 saturated carbocycles. The third kappa shape index (κ3) is 4.04. The van der Waals surface area contributed by atoms with Crippen LogP contribution < -0.4 is 5.32 Å². The van der Waals surface area contributed by atoms with Gasteiger partial charge in [-0.2, -0.15) is 11.3 Å². The van der Waals surface area contributed by atoms with Crippen molar-refractivity contribution in [3.8, 4) is 0 Å². The highest BCUT2D eigenvalue weighted by Gasteiger charge is 2.33. The normalized spacial score (nSPS) is 31.8. The summed E-state index contributed by atoms with van der Waals surface area (Å²) in [5, 5.41) is 7.99. The second-order valence-corrected chi connectivity index (χ2v) is 7.22. The molecule has 2 nitrogen and oxygen atoms in total. The molecule has 0 saturated heterocycles. The van der Waals surface area contributed by atoms with Gasteiger partial charge in [-0.1, -0.05) is 13.8 Å². The van der Waals surface area contributed by atoms with Gasteiger partial charge < -0.3 is 10.2 Å². The molecule has 1 aromatic rings. The minimum Gasteiger partial charge on any atom is -0.317 e. The van der Waals surface area contributed by atoms with Crippen molar-refractivity contribution in [3.63, 3.8) is 0 Å². The lowest BCUT2D eigenvalue weighted by molar-refractivity contribution is 0.113. The minimum atomic E-state index is 0.684. The van der Waals surface area contributed by atoms with Crippen LogP contribution >= 0.6 is 11.3 Å². The van der Waals surface area contributed by atoms with Crippen LogP contribution in [0.15, 0.2) is 16.8 Å². The molecule has 19 heavy (non-hydrogen) atoms. The summed E-state index contributed by atoms with van der Waals surface area (Å²) in [6.45, 7) is 7.11. The number of thiophene rings is 1. The topological polar surface area (TPSA) is 15.3 Å². The van der Waals surface area contributed by atoms with Crippen LogP contribution in [0.1, 0.15) is 32.3 Å². The maximum Gasteiger partial charge on any atom is 0.0239 e. The van der Waals surface area contributed by atoms with Crippen molar-refractivity contribution in [1.29, 1.82) is 0 Å². The SMILES string of the molecule is CNC1CC(C)CC(C)C1CN(C)Cc1ccsc1. The fourth-order valence-corrected chi connectivity index (χ4v) is 4.33. The zero-order valence-electron chi connectivity index (χ0n) is 12.7. The maximum absolute atomic E-state index is 3.55. The van der Waals surface area contributed by atoms with Gasteiger partial charge in [0.05, 0.1) is 0 Å². The molecule has 1 aliphatic rings. The van der Waals surface area contributed by atoms with Crippen molar-refractivity contribution in [2.24, 2.45) is 17.8 Å². The summed E-state index contributed by atoms with van der Waals surface area (Å²) >= 11 is 1.79. The van der Waals surface area contributed by atoms with E-state index in [9.17, 15) is 0 Å². The maximum atomic E-state index is 3.55. The van der Waals surface area contributed by atoms with E-state index in [1.54, 1.807) is 11.3 Å². The molecule has 4 atom stereocenters. The van der Waals surface area contributed by atoms with Crippen molar-refractivity contribution < 1.29 is 0 Å². The van der Waals surface area contributed by atoms with Crippen LogP contribution in [0.2, 0.25) is 0 Å². The van der Waals surface area contributed by atoms with Gasteiger partial charge in [0.2, 0.25) is 0 Å². The number of hydrogen-bond acceptors (Lipinski definition) is 3. The van der Waals surface area contributed by atoms with Crippen LogP contribution in [0.4, 0.5) is 0 Å². The first-order valence-corrected chi connectivity index (χ1v) is 8.41. The molecular weight excluding hydrogens is 252 g/mol. The van der Waals surface area contributed by atoms with E-state index in [0.29, 0.717) is 6.04 Å². The summed E-state index contributed by atoms with van der Waals surface area (Å²) in [4.78, 5) is 2.49. The first kappa shape index (κ1) is 15.0. The van der Waals surface area contributed by atoms with E-state index in [1.807, 2.05) is 0 Å². The van der Waals surface area contributed by atoms with Crippen molar-refractivity contribution in [2.45, 2.75) is 39.3 Å². The molecule has 2 rings (SSSR count). The second-order valence-electron chi connectivity index (χ2n) is 6.44. The van der Waals surface area contributed by atoms with Crippen LogP contribution in [-0.2, 0) is 6.54 Å².